The molecule has 0 aromatic carbocycles. The number of hydrogen-bond acceptors (Lipinski definition) is 2. The van der Waals surface area contributed by atoms with E-state index in [0.717, 1.165) is 26.1 Å². The van der Waals surface area contributed by atoms with E-state index in [1.807, 2.05) is 0 Å². The highest BCUT2D eigenvalue weighted by molar-refractivity contribution is 5.98. The lowest BCUT2D eigenvalue weighted by atomic mass is 10.2. The van der Waals surface area contributed by atoms with Crippen LogP contribution in [0, 0.1) is 0 Å². The molecule has 0 spiro atoms. The van der Waals surface area contributed by atoms with Crippen molar-refractivity contribution in [3.63, 3.8) is 0 Å². The van der Waals surface area contributed by atoms with Crippen molar-refractivity contribution in [1.29, 1.82) is 0 Å². The number of ether oxygens (including phenoxy) is 1. The van der Waals surface area contributed by atoms with Crippen LogP contribution in [-0.4, -0.2) is 27.4 Å². The van der Waals surface area contributed by atoms with Crippen molar-refractivity contribution in [3.05, 3.63) is 0 Å². The van der Waals surface area contributed by atoms with Crippen LogP contribution in [0.3, 0.4) is 0 Å². The average Bonchev–Trinajstić information content (AvgIpc) is 2.64. The van der Waals surface area contributed by atoms with E-state index < -0.39 is 0 Å². The van der Waals surface area contributed by atoms with Gasteiger partial charge >= 0.3 is 0 Å². The molecule has 0 unspecified atom stereocenters. The van der Waals surface area contributed by atoms with Crippen molar-refractivity contribution in [2.75, 3.05) is 13.2 Å². The van der Waals surface area contributed by atoms with Gasteiger partial charge in [0.2, 0.25) is 0 Å². The van der Waals surface area contributed by atoms with Gasteiger partial charge in [0.1, 0.15) is 0 Å². The topological polar surface area (TPSA) is 18.5 Å². The van der Waals surface area contributed by atoms with Crippen LogP contribution < -0.4 is 0 Å². The van der Waals surface area contributed by atoms with Crippen molar-refractivity contribution in [2.24, 2.45) is 0 Å². The first-order valence-electron chi connectivity index (χ1n) is 4.78. The molecule has 2 nitrogen and oxygen atoms in total. The largest absolute Gasteiger partial charge is 0.445 e. The monoisotopic (exact) mass is 170 g/mol. The maximum Gasteiger partial charge on any atom is 0.283 e. The molecule has 0 aliphatic carbocycles. The molecular weight excluding hydrogens is 151 g/mol. The van der Waals surface area contributed by atoms with Gasteiger partial charge in [-0.3, -0.25) is 0 Å². The quantitative estimate of drug-likeness (QED) is 0.603. The fraction of sp³-hybridized carbons (Fsp3) is 1.00. The fourth-order valence-electron chi connectivity index (χ4n) is 0.991. The normalized spacial score (nSPS) is 15.9. The Morgan fingerprint density at radius 2 is 1.75 bits per heavy atom. The van der Waals surface area contributed by atoms with Crippen molar-refractivity contribution in [1.82, 2.24) is 0 Å². The van der Waals surface area contributed by atoms with Gasteiger partial charge in [0.25, 0.3) is 8.05 Å². The zero-order valence-corrected chi connectivity index (χ0v) is 8.21. The molecule has 0 saturated carbocycles. The number of rotatable bonds is 3. The molecular formula is C9H19BO2. The highest BCUT2D eigenvalue weighted by atomic mass is 16.5. The van der Waals surface area contributed by atoms with Crippen LogP contribution in [-0.2, 0) is 9.39 Å². The van der Waals surface area contributed by atoms with E-state index in [0.29, 0.717) is 0 Å². The third-order valence-corrected chi connectivity index (χ3v) is 1.93. The molecule has 0 bridgehead atoms. The molecule has 0 aromatic rings. The van der Waals surface area contributed by atoms with Crippen LogP contribution in [0.15, 0.2) is 0 Å². The van der Waals surface area contributed by atoms with Crippen molar-refractivity contribution >= 4 is 8.05 Å². The van der Waals surface area contributed by atoms with Gasteiger partial charge in [0, 0.05) is 19.3 Å². The van der Waals surface area contributed by atoms with E-state index in [-0.39, 0.29) is 6.10 Å². The van der Waals surface area contributed by atoms with Crippen LogP contribution in [0.4, 0.5) is 0 Å². The molecule has 2 radical (unpaired) electrons. The molecule has 0 amide bonds. The molecule has 1 saturated heterocycles. The summed E-state index contributed by atoms with van der Waals surface area (Å²) in [7, 11) is 4.89. The Morgan fingerprint density at radius 3 is 1.83 bits per heavy atom. The second kappa shape index (κ2) is 9.08. The molecule has 1 aliphatic rings. The summed E-state index contributed by atoms with van der Waals surface area (Å²) in [6, 6.07) is 0. The number of hydrogen-bond donors (Lipinski definition) is 0. The van der Waals surface area contributed by atoms with Crippen molar-refractivity contribution < 1.29 is 9.39 Å². The summed E-state index contributed by atoms with van der Waals surface area (Å²) < 4.78 is 9.49. The van der Waals surface area contributed by atoms with E-state index in [9.17, 15) is 0 Å². The first kappa shape index (κ1) is 12.0. The minimum absolute atomic E-state index is 0.264. The first-order chi connectivity index (χ1) is 5.85. The lowest BCUT2D eigenvalue weighted by Gasteiger charge is -2.08. The van der Waals surface area contributed by atoms with E-state index in [1.165, 1.54) is 12.8 Å². The maximum absolute atomic E-state index is 4.94. The molecule has 1 rings (SSSR count). The Balaban J connectivity index is 0.000000211. The first-order valence-corrected chi connectivity index (χ1v) is 4.78. The molecule has 1 heterocycles. The summed E-state index contributed by atoms with van der Waals surface area (Å²) in [6.45, 7) is 6.11. The van der Waals surface area contributed by atoms with Gasteiger partial charge < -0.3 is 9.39 Å². The van der Waals surface area contributed by atoms with Gasteiger partial charge in [-0.05, 0) is 25.7 Å². The van der Waals surface area contributed by atoms with Crippen LogP contribution >= 0.6 is 0 Å². The van der Waals surface area contributed by atoms with Crippen LogP contribution in [0.25, 0.3) is 0 Å². The smallest absolute Gasteiger partial charge is 0.283 e. The van der Waals surface area contributed by atoms with Crippen molar-refractivity contribution in [2.45, 2.75) is 45.6 Å². The highest BCUT2D eigenvalue weighted by Gasteiger charge is 1.95. The molecule has 0 aromatic heterocycles. The lowest BCUT2D eigenvalue weighted by Crippen LogP contribution is -2.06. The van der Waals surface area contributed by atoms with Crippen LogP contribution in [0.5, 0.6) is 0 Å². The van der Waals surface area contributed by atoms with Crippen molar-refractivity contribution in [3.8, 4) is 0 Å². The van der Waals surface area contributed by atoms with Gasteiger partial charge in [0.15, 0.2) is 0 Å². The second-order valence-electron chi connectivity index (χ2n) is 2.89. The van der Waals surface area contributed by atoms with E-state index in [2.05, 4.69) is 18.5 Å². The minimum atomic E-state index is 0.264. The molecule has 1 aliphatic heterocycles. The molecule has 3 heteroatoms. The Labute approximate surface area is 77.1 Å². The van der Waals surface area contributed by atoms with Gasteiger partial charge in [-0.2, -0.15) is 0 Å². The van der Waals surface area contributed by atoms with E-state index >= 15 is 0 Å². The fourth-order valence-corrected chi connectivity index (χ4v) is 0.991. The summed E-state index contributed by atoms with van der Waals surface area (Å²) in [5, 5.41) is 0. The third-order valence-electron chi connectivity index (χ3n) is 1.93. The standard InChI is InChI=1S/C5H11BO.C4H8O/c1-3-5(4-2)7-6;1-2-4-5-3-1/h5H,3-4H2,1-2H3;1-4H2. The predicted octanol–water partition coefficient (Wildman–Crippen LogP) is 2.07. The average molecular weight is 170 g/mol. The van der Waals surface area contributed by atoms with Gasteiger partial charge in [-0.1, -0.05) is 13.8 Å². The zero-order chi connectivity index (χ0) is 9.23. The lowest BCUT2D eigenvalue weighted by molar-refractivity contribution is 0.198. The molecule has 1 fully saturated rings. The SMILES string of the molecule is C1CCOC1.[B]OC(CC)CC. The minimum Gasteiger partial charge on any atom is -0.445 e. The van der Waals surface area contributed by atoms with Gasteiger partial charge in [-0.25, -0.2) is 0 Å². The van der Waals surface area contributed by atoms with Gasteiger partial charge in [-0.15, -0.1) is 0 Å². The molecule has 12 heavy (non-hydrogen) atoms. The Kier molecular flexibility index (Phi) is 9.06. The Bertz CT molecular complexity index is 67.5. The van der Waals surface area contributed by atoms with Crippen LogP contribution in [0.1, 0.15) is 39.5 Å². The highest BCUT2D eigenvalue weighted by Crippen LogP contribution is 1.98. The summed E-state index contributed by atoms with van der Waals surface area (Å²) >= 11 is 0. The zero-order valence-electron chi connectivity index (χ0n) is 8.21. The van der Waals surface area contributed by atoms with Crippen LogP contribution in [0.2, 0.25) is 0 Å². The van der Waals surface area contributed by atoms with Gasteiger partial charge in [0.05, 0.1) is 0 Å². The third kappa shape index (κ3) is 6.68. The molecule has 0 atom stereocenters. The summed E-state index contributed by atoms with van der Waals surface area (Å²) in [5.74, 6) is 0. The maximum atomic E-state index is 4.94. The summed E-state index contributed by atoms with van der Waals surface area (Å²) in [5.41, 5.74) is 0. The molecule has 70 valence electrons. The Morgan fingerprint density at radius 1 is 1.25 bits per heavy atom. The van der Waals surface area contributed by atoms with E-state index in [4.69, 9.17) is 12.8 Å². The Hall–Kier alpha value is -0.0151. The summed E-state index contributed by atoms with van der Waals surface area (Å²) in [4.78, 5) is 0. The molecule has 0 N–H and O–H groups in total. The second-order valence-corrected chi connectivity index (χ2v) is 2.89. The summed E-state index contributed by atoms with van der Waals surface area (Å²) in [6.07, 6.45) is 4.83. The van der Waals surface area contributed by atoms with E-state index in [1.54, 1.807) is 0 Å². The predicted molar refractivity (Wildman–Crippen MR) is 51.3 cm³/mol.